The number of sulfonamides is 1. The largest absolute Gasteiger partial charge is 0.462 e. The minimum Gasteiger partial charge on any atom is -0.462 e. The first-order valence-electron chi connectivity index (χ1n) is 7.68. The molecule has 9 heteroatoms. The fourth-order valence-electron chi connectivity index (χ4n) is 1.95. The lowest BCUT2D eigenvalue weighted by Gasteiger charge is -2.10. The van der Waals surface area contributed by atoms with Gasteiger partial charge in [0, 0.05) is 10.7 Å². The van der Waals surface area contributed by atoms with Crippen molar-refractivity contribution in [3.05, 3.63) is 59.1 Å². The monoisotopic (exact) mass is 396 g/mol. The molecule has 2 aromatic carbocycles. The molecule has 0 heterocycles. The van der Waals surface area contributed by atoms with Crippen LogP contribution < -0.4 is 10.0 Å². The lowest BCUT2D eigenvalue weighted by Crippen LogP contribution is -2.34. The minimum atomic E-state index is -4.05. The van der Waals surface area contributed by atoms with E-state index in [-0.39, 0.29) is 22.8 Å². The van der Waals surface area contributed by atoms with Crippen LogP contribution in [-0.2, 0) is 14.8 Å². The molecule has 0 aromatic heterocycles. The summed E-state index contributed by atoms with van der Waals surface area (Å²) in [6.45, 7) is 2.16. The molecule has 26 heavy (non-hydrogen) atoms. The van der Waals surface area contributed by atoms with Crippen LogP contribution >= 0.6 is 11.6 Å². The molecule has 0 radical (unpaired) electrons. The van der Waals surface area contributed by atoms with Crippen LogP contribution in [0.1, 0.15) is 23.7 Å². The molecule has 2 amide bonds. The van der Waals surface area contributed by atoms with E-state index < -0.39 is 22.0 Å². The van der Waals surface area contributed by atoms with Crippen molar-refractivity contribution in [3.8, 4) is 0 Å². The van der Waals surface area contributed by atoms with Gasteiger partial charge in [-0.15, -0.1) is 0 Å². The number of esters is 1. The molecular formula is C17H17ClN2O5S. The molecule has 0 aliphatic carbocycles. The van der Waals surface area contributed by atoms with Crippen LogP contribution in [0.5, 0.6) is 0 Å². The number of carbonyl (C=O) groups is 2. The van der Waals surface area contributed by atoms with Crippen LogP contribution in [0, 0.1) is 0 Å². The second-order valence-corrected chi connectivity index (χ2v) is 7.35. The highest BCUT2D eigenvalue weighted by molar-refractivity contribution is 7.90. The van der Waals surface area contributed by atoms with Crippen LogP contribution in [0.4, 0.5) is 10.5 Å². The summed E-state index contributed by atoms with van der Waals surface area (Å²) in [6.07, 6.45) is 0.689. The van der Waals surface area contributed by atoms with Crippen LogP contribution in [0.2, 0.25) is 5.02 Å². The van der Waals surface area contributed by atoms with Crippen LogP contribution in [0.15, 0.2) is 53.4 Å². The van der Waals surface area contributed by atoms with E-state index in [1.165, 1.54) is 42.5 Å². The van der Waals surface area contributed by atoms with Crippen LogP contribution in [-0.4, -0.2) is 27.0 Å². The van der Waals surface area contributed by atoms with E-state index in [0.717, 1.165) is 0 Å². The zero-order valence-corrected chi connectivity index (χ0v) is 15.4. The summed E-state index contributed by atoms with van der Waals surface area (Å²) in [7, 11) is -4.05. The van der Waals surface area contributed by atoms with Crippen molar-refractivity contribution in [1.29, 1.82) is 0 Å². The molecule has 0 saturated heterocycles. The van der Waals surface area contributed by atoms with E-state index in [9.17, 15) is 18.0 Å². The lowest BCUT2D eigenvalue weighted by molar-refractivity contribution is 0.0505. The summed E-state index contributed by atoms with van der Waals surface area (Å²) in [5.74, 6) is -0.523. The number of nitrogens with one attached hydrogen (secondary N) is 2. The van der Waals surface area contributed by atoms with Gasteiger partial charge in [-0.2, -0.15) is 0 Å². The Hall–Kier alpha value is -2.58. The molecule has 0 spiro atoms. The maximum atomic E-state index is 12.1. The van der Waals surface area contributed by atoms with Crippen molar-refractivity contribution in [2.24, 2.45) is 0 Å². The first-order chi connectivity index (χ1) is 12.3. The van der Waals surface area contributed by atoms with Gasteiger partial charge in [0.05, 0.1) is 17.1 Å². The Kier molecular flexibility index (Phi) is 6.59. The number of rotatable bonds is 6. The molecule has 2 N–H and O–H groups in total. The third-order valence-electron chi connectivity index (χ3n) is 3.14. The van der Waals surface area contributed by atoms with Crippen molar-refractivity contribution in [1.82, 2.24) is 4.72 Å². The Morgan fingerprint density at radius 3 is 2.46 bits per heavy atom. The average Bonchev–Trinajstić information content (AvgIpc) is 2.59. The highest BCUT2D eigenvalue weighted by Crippen LogP contribution is 2.15. The predicted molar refractivity (Wildman–Crippen MR) is 97.8 cm³/mol. The number of urea groups is 1. The number of hydrogen-bond donors (Lipinski definition) is 2. The van der Waals surface area contributed by atoms with E-state index in [1.807, 2.05) is 11.6 Å². The smallest absolute Gasteiger partial charge is 0.338 e. The molecule has 0 fully saturated rings. The van der Waals surface area contributed by atoms with Gasteiger partial charge in [0.2, 0.25) is 0 Å². The lowest BCUT2D eigenvalue weighted by atomic mass is 10.2. The minimum absolute atomic E-state index is 0.103. The molecule has 0 atom stereocenters. The summed E-state index contributed by atoms with van der Waals surface area (Å²) < 4.78 is 31.2. The van der Waals surface area contributed by atoms with Gasteiger partial charge in [-0.3, -0.25) is 0 Å². The van der Waals surface area contributed by atoms with Crippen molar-refractivity contribution in [2.75, 3.05) is 11.9 Å². The Morgan fingerprint density at radius 2 is 1.81 bits per heavy atom. The molecule has 2 rings (SSSR count). The first-order valence-corrected chi connectivity index (χ1v) is 9.54. The molecule has 0 aliphatic rings. The maximum absolute atomic E-state index is 12.1. The third kappa shape index (κ3) is 5.47. The van der Waals surface area contributed by atoms with Gasteiger partial charge in [0.25, 0.3) is 10.0 Å². The fourth-order valence-corrected chi connectivity index (χ4v) is 2.99. The van der Waals surface area contributed by atoms with E-state index in [1.54, 1.807) is 6.07 Å². The van der Waals surface area contributed by atoms with E-state index >= 15 is 0 Å². The molecule has 138 valence electrons. The number of benzene rings is 2. The molecule has 0 unspecified atom stereocenters. The number of hydrogen-bond acceptors (Lipinski definition) is 5. The number of amides is 2. The summed E-state index contributed by atoms with van der Waals surface area (Å²) in [4.78, 5) is 23.7. The van der Waals surface area contributed by atoms with Gasteiger partial charge in [-0.1, -0.05) is 24.6 Å². The van der Waals surface area contributed by atoms with Crippen molar-refractivity contribution in [3.63, 3.8) is 0 Å². The van der Waals surface area contributed by atoms with Gasteiger partial charge in [-0.05, 0) is 48.9 Å². The normalized spacial score (nSPS) is 10.8. The Bertz CT molecular complexity index is 898. The van der Waals surface area contributed by atoms with Crippen molar-refractivity contribution >= 4 is 39.3 Å². The predicted octanol–water partition coefficient (Wildman–Crippen LogP) is 3.42. The molecule has 0 saturated carbocycles. The first kappa shape index (κ1) is 19.7. The number of carbonyl (C=O) groups excluding carboxylic acids is 2. The molecular weight excluding hydrogens is 380 g/mol. The molecule has 2 aromatic rings. The van der Waals surface area contributed by atoms with Crippen LogP contribution in [0.3, 0.4) is 0 Å². The summed E-state index contributed by atoms with van der Waals surface area (Å²) >= 11 is 5.71. The molecule has 7 nitrogen and oxygen atoms in total. The van der Waals surface area contributed by atoms with Crippen molar-refractivity contribution < 1.29 is 22.7 Å². The number of anilines is 1. The fraction of sp³-hybridized carbons (Fsp3) is 0.176. The zero-order chi connectivity index (χ0) is 19.2. The topological polar surface area (TPSA) is 102 Å². The van der Waals surface area contributed by atoms with Gasteiger partial charge >= 0.3 is 12.0 Å². The third-order valence-corrected chi connectivity index (χ3v) is 4.74. The molecule has 0 bridgehead atoms. The quantitative estimate of drug-likeness (QED) is 0.728. The SMILES string of the molecule is CCCOC(=O)c1cccc(NC(=O)NS(=O)(=O)c2ccc(Cl)cc2)c1. The zero-order valence-electron chi connectivity index (χ0n) is 13.9. The van der Waals surface area contributed by atoms with E-state index in [0.29, 0.717) is 11.4 Å². The molecule has 0 aliphatic heterocycles. The van der Waals surface area contributed by atoms with Gasteiger partial charge in [-0.25, -0.2) is 22.7 Å². The van der Waals surface area contributed by atoms with Gasteiger partial charge < -0.3 is 10.1 Å². The van der Waals surface area contributed by atoms with Gasteiger partial charge in [0.15, 0.2) is 0 Å². The summed E-state index contributed by atoms with van der Waals surface area (Å²) in [5.41, 5.74) is 0.497. The summed E-state index contributed by atoms with van der Waals surface area (Å²) in [6, 6.07) is 10.4. The van der Waals surface area contributed by atoms with E-state index in [2.05, 4.69) is 5.32 Å². The van der Waals surface area contributed by atoms with Crippen molar-refractivity contribution in [2.45, 2.75) is 18.2 Å². The summed E-state index contributed by atoms with van der Waals surface area (Å²) in [5, 5.41) is 2.74. The second-order valence-electron chi connectivity index (χ2n) is 5.23. The Balaban J connectivity index is 2.05. The average molecular weight is 397 g/mol. The number of ether oxygens (including phenoxy) is 1. The van der Waals surface area contributed by atoms with E-state index in [4.69, 9.17) is 16.3 Å². The standard InChI is InChI=1S/C17H17ClN2O5S/c1-2-10-25-16(21)12-4-3-5-14(11-12)19-17(22)20-26(23,24)15-8-6-13(18)7-9-15/h3-9,11H,2,10H2,1H3,(H2,19,20,22). The second kappa shape index (κ2) is 8.68. The highest BCUT2D eigenvalue weighted by atomic mass is 35.5. The maximum Gasteiger partial charge on any atom is 0.338 e. The van der Waals surface area contributed by atoms with Gasteiger partial charge in [0.1, 0.15) is 0 Å². The Labute approximate surface area is 156 Å². The van der Waals surface area contributed by atoms with Crippen LogP contribution in [0.25, 0.3) is 0 Å². The Morgan fingerprint density at radius 1 is 1.12 bits per heavy atom. The number of halogens is 1. The highest BCUT2D eigenvalue weighted by Gasteiger charge is 2.18.